The lowest BCUT2D eigenvalue weighted by Gasteiger charge is -2.10. The Hall–Kier alpha value is -2.89. The minimum absolute atomic E-state index is 0. The predicted octanol–water partition coefficient (Wildman–Crippen LogP) is 3.93. The lowest BCUT2D eigenvalue weighted by molar-refractivity contribution is 0.774. The van der Waals surface area contributed by atoms with Crippen molar-refractivity contribution in [2.45, 2.75) is 28.2 Å². The summed E-state index contributed by atoms with van der Waals surface area (Å²) in [5.41, 5.74) is 8.71. The molecule has 130 valence electrons. The van der Waals surface area contributed by atoms with Gasteiger partial charge in [-0.3, -0.25) is 9.36 Å². The van der Waals surface area contributed by atoms with Gasteiger partial charge in [-0.25, -0.2) is 4.98 Å². The lowest BCUT2D eigenvalue weighted by atomic mass is 10.0. The van der Waals surface area contributed by atoms with Crippen LogP contribution in [0.1, 0.15) is 24.4 Å². The van der Waals surface area contributed by atoms with Gasteiger partial charge >= 0.3 is 0 Å². The van der Waals surface area contributed by atoms with Crippen molar-refractivity contribution in [3.05, 3.63) is 41.5 Å². The van der Waals surface area contributed by atoms with E-state index in [-0.39, 0.29) is 7.43 Å². The molecule has 0 radical (unpaired) electrons. The highest BCUT2D eigenvalue weighted by molar-refractivity contribution is 5.95. The molecule has 0 saturated carbocycles. The summed E-state index contributed by atoms with van der Waals surface area (Å²) in [5.74, 6) is 0.907. The standard InChI is InChI=1S/C18H20N6.CH4/c1-10-8-19-23(4)17(10)13-6-14(18-11(2)9-20-24(18)5)16-15(7-13)21-12(3)22-16;/h6-9H,1-5H3,(H,21,22);1H4. The Bertz CT molecular complexity index is 1020. The molecule has 0 spiro atoms. The first-order chi connectivity index (χ1) is 11.5. The molecule has 0 saturated heterocycles. The Morgan fingerprint density at radius 3 is 2.04 bits per heavy atom. The maximum absolute atomic E-state index is 4.70. The third kappa shape index (κ3) is 2.54. The Kier molecular flexibility index (Phi) is 3.99. The van der Waals surface area contributed by atoms with E-state index >= 15 is 0 Å². The molecule has 4 rings (SSSR count). The van der Waals surface area contributed by atoms with Gasteiger partial charge in [0.2, 0.25) is 0 Å². The highest BCUT2D eigenvalue weighted by Crippen LogP contribution is 2.35. The van der Waals surface area contributed by atoms with E-state index in [4.69, 9.17) is 4.98 Å². The number of nitrogens with one attached hydrogen (secondary N) is 1. The zero-order chi connectivity index (χ0) is 17.0. The van der Waals surface area contributed by atoms with Crippen LogP contribution in [0.2, 0.25) is 0 Å². The van der Waals surface area contributed by atoms with Crippen molar-refractivity contribution in [2.75, 3.05) is 0 Å². The predicted molar refractivity (Wildman–Crippen MR) is 101 cm³/mol. The number of nitrogens with zero attached hydrogens (tertiary/aromatic N) is 5. The second-order valence-electron chi connectivity index (χ2n) is 6.34. The van der Waals surface area contributed by atoms with E-state index in [0.717, 1.165) is 50.5 Å². The van der Waals surface area contributed by atoms with Gasteiger partial charge in [-0.2, -0.15) is 10.2 Å². The van der Waals surface area contributed by atoms with Gasteiger partial charge in [0.25, 0.3) is 0 Å². The summed E-state index contributed by atoms with van der Waals surface area (Å²) in [7, 11) is 3.94. The number of aromatic amines is 1. The number of aromatic nitrogens is 6. The highest BCUT2D eigenvalue weighted by Gasteiger charge is 2.18. The van der Waals surface area contributed by atoms with Crippen LogP contribution in [-0.4, -0.2) is 29.5 Å². The number of rotatable bonds is 2. The molecular formula is C19H24N6. The Labute approximate surface area is 147 Å². The minimum atomic E-state index is 0. The van der Waals surface area contributed by atoms with Crippen LogP contribution in [0.15, 0.2) is 24.5 Å². The molecule has 6 heteroatoms. The van der Waals surface area contributed by atoms with E-state index in [1.807, 2.05) is 42.8 Å². The molecule has 0 aliphatic heterocycles. The minimum Gasteiger partial charge on any atom is -0.342 e. The topological polar surface area (TPSA) is 64.3 Å². The molecular weight excluding hydrogens is 312 g/mol. The van der Waals surface area contributed by atoms with Crippen LogP contribution in [0.3, 0.4) is 0 Å². The maximum atomic E-state index is 4.70. The van der Waals surface area contributed by atoms with Gasteiger partial charge in [0.15, 0.2) is 0 Å². The third-order valence-electron chi connectivity index (χ3n) is 4.48. The highest BCUT2D eigenvalue weighted by atomic mass is 15.3. The van der Waals surface area contributed by atoms with Crippen molar-refractivity contribution in [3.63, 3.8) is 0 Å². The zero-order valence-corrected chi connectivity index (χ0v) is 14.5. The van der Waals surface area contributed by atoms with Gasteiger partial charge in [-0.05, 0) is 44.0 Å². The second kappa shape index (κ2) is 5.88. The first-order valence-electron chi connectivity index (χ1n) is 7.94. The Balaban J connectivity index is 0.00000182. The molecule has 4 aromatic rings. The monoisotopic (exact) mass is 336 g/mol. The number of hydrogen-bond acceptors (Lipinski definition) is 3. The van der Waals surface area contributed by atoms with E-state index < -0.39 is 0 Å². The number of fused-ring (bicyclic) bond motifs is 1. The van der Waals surface area contributed by atoms with Crippen LogP contribution in [0.4, 0.5) is 0 Å². The Morgan fingerprint density at radius 2 is 1.48 bits per heavy atom. The van der Waals surface area contributed by atoms with Crippen molar-refractivity contribution < 1.29 is 0 Å². The van der Waals surface area contributed by atoms with Gasteiger partial charge in [-0.1, -0.05) is 7.43 Å². The SMILES string of the molecule is C.Cc1nc2c(-c3c(C)cnn3C)cc(-c3c(C)cnn3C)cc2[nH]1. The molecule has 0 aliphatic carbocycles. The van der Waals surface area contributed by atoms with Crippen LogP contribution in [0, 0.1) is 20.8 Å². The van der Waals surface area contributed by atoms with Crippen LogP contribution in [0.25, 0.3) is 33.5 Å². The summed E-state index contributed by atoms with van der Waals surface area (Å²) in [5, 5.41) is 8.77. The van der Waals surface area contributed by atoms with Crippen LogP contribution >= 0.6 is 0 Å². The molecule has 1 N–H and O–H groups in total. The van der Waals surface area contributed by atoms with Gasteiger partial charge in [0.05, 0.1) is 34.8 Å². The van der Waals surface area contributed by atoms with Gasteiger partial charge in [0.1, 0.15) is 5.82 Å². The average Bonchev–Trinajstić information content (AvgIpc) is 3.16. The fraction of sp³-hybridized carbons (Fsp3) is 0.316. The van der Waals surface area contributed by atoms with Crippen molar-refractivity contribution >= 4 is 11.0 Å². The van der Waals surface area contributed by atoms with Crippen LogP contribution in [0.5, 0.6) is 0 Å². The first-order valence-corrected chi connectivity index (χ1v) is 7.94. The maximum Gasteiger partial charge on any atom is 0.104 e. The molecule has 0 amide bonds. The molecule has 0 fully saturated rings. The Morgan fingerprint density at radius 1 is 0.880 bits per heavy atom. The normalized spacial score (nSPS) is 11.1. The van der Waals surface area contributed by atoms with E-state index in [9.17, 15) is 0 Å². The largest absolute Gasteiger partial charge is 0.342 e. The van der Waals surface area contributed by atoms with E-state index in [0.29, 0.717) is 0 Å². The van der Waals surface area contributed by atoms with Gasteiger partial charge in [0, 0.05) is 25.2 Å². The molecule has 0 bridgehead atoms. The average molecular weight is 336 g/mol. The summed E-state index contributed by atoms with van der Waals surface area (Å²) in [6.07, 6.45) is 3.79. The molecule has 25 heavy (non-hydrogen) atoms. The number of H-pyrrole nitrogens is 1. The van der Waals surface area contributed by atoms with Gasteiger partial charge in [-0.15, -0.1) is 0 Å². The molecule has 0 aliphatic rings. The molecule has 6 nitrogen and oxygen atoms in total. The van der Waals surface area contributed by atoms with E-state index in [1.165, 1.54) is 0 Å². The fourth-order valence-corrected chi connectivity index (χ4v) is 3.45. The molecule has 1 aromatic carbocycles. The van der Waals surface area contributed by atoms with Crippen molar-refractivity contribution in [1.82, 2.24) is 29.5 Å². The summed E-state index contributed by atoms with van der Waals surface area (Å²) < 4.78 is 3.83. The summed E-state index contributed by atoms with van der Waals surface area (Å²) in [6.45, 7) is 6.14. The molecule has 0 unspecified atom stereocenters. The van der Waals surface area contributed by atoms with Crippen LogP contribution < -0.4 is 0 Å². The number of benzene rings is 1. The molecule has 0 atom stereocenters. The molecule has 3 heterocycles. The number of hydrogen-bond donors (Lipinski definition) is 1. The zero-order valence-electron chi connectivity index (χ0n) is 14.5. The van der Waals surface area contributed by atoms with Gasteiger partial charge < -0.3 is 4.98 Å². The van der Waals surface area contributed by atoms with E-state index in [1.54, 1.807) is 0 Å². The van der Waals surface area contributed by atoms with E-state index in [2.05, 4.69) is 41.2 Å². The number of imidazole rings is 1. The lowest BCUT2D eigenvalue weighted by Crippen LogP contribution is -1.98. The van der Waals surface area contributed by atoms with Crippen molar-refractivity contribution in [3.8, 4) is 22.5 Å². The first kappa shape index (κ1) is 17.0. The summed E-state index contributed by atoms with van der Waals surface area (Å²) in [4.78, 5) is 8.07. The van der Waals surface area contributed by atoms with Crippen LogP contribution in [-0.2, 0) is 14.1 Å². The summed E-state index contributed by atoms with van der Waals surface area (Å²) >= 11 is 0. The second-order valence-corrected chi connectivity index (χ2v) is 6.34. The quantitative estimate of drug-likeness (QED) is 0.603. The third-order valence-corrected chi connectivity index (χ3v) is 4.48. The smallest absolute Gasteiger partial charge is 0.104 e. The van der Waals surface area contributed by atoms with Crippen molar-refractivity contribution in [1.29, 1.82) is 0 Å². The van der Waals surface area contributed by atoms with Crippen molar-refractivity contribution in [2.24, 2.45) is 14.1 Å². The number of aryl methyl sites for hydroxylation is 5. The molecule has 3 aromatic heterocycles. The summed E-state index contributed by atoms with van der Waals surface area (Å²) in [6, 6.07) is 4.34. The fourth-order valence-electron chi connectivity index (χ4n) is 3.45.